The minimum absolute atomic E-state index is 0.0183. The lowest BCUT2D eigenvalue weighted by molar-refractivity contribution is -0.114. The molecule has 0 bridgehead atoms. The van der Waals surface area contributed by atoms with Crippen molar-refractivity contribution in [1.82, 2.24) is 0 Å². The van der Waals surface area contributed by atoms with E-state index in [1.165, 1.54) is 11.0 Å². The second-order valence-electron chi connectivity index (χ2n) is 4.62. The molecule has 0 N–H and O–H groups in total. The maximum Gasteiger partial charge on any atom is 0.299 e. The Hall–Kier alpha value is -1.53. The molecule has 0 spiro atoms. The minimum atomic E-state index is -0.637. The summed E-state index contributed by atoms with van der Waals surface area (Å²) in [5.74, 6) is -1.62. The van der Waals surface area contributed by atoms with Gasteiger partial charge in [0.05, 0.1) is 17.8 Å². The van der Waals surface area contributed by atoms with Gasteiger partial charge in [0.15, 0.2) is 0 Å². The number of rotatable bonds is 2. The molecule has 21 heavy (non-hydrogen) atoms. The Labute approximate surface area is 137 Å². The fourth-order valence-electron chi connectivity index (χ4n) is 2.26. The zero-order chi connectivity index (χ0) is 15.1. The maximum atomic E-state index is 13.8. The molecule has 0 aromatic heterocycles. The molecular weight excluding hydrogens is 405 g/mol. The quantitative estimate of drug-likeness (QED) is 0.697. The number of Topliss-reactive ketones (excluding diaryl/α,β-unsaturated/α-hetero) is 1. The van der Waals surface area contributed by atoms with Crippen LogP contribution in [0.1, 0.15) is 15.9 Å². The smallest absolute Gasteiger partial charge is 0.299 e. The Kier molecular flexibility index (Phi) is 3.67. The number of nitrogens with zero attached hydrogens (tertiary/aromatic N) is 1. The first-order valence-electron chi connectivity index (χ1n) is 6.07. The van der Waals surface area contributed by atoms with Gasteiger partial charge in [0, 0.05) is 14.5 Å². The third-order valence-corrected chi connectivity index (χ3v) is 4.26. The van der Waals surface area contributed by atoms with E-state index < -0.39 is 17.5 Å². The summed E-state index contributed by atoms with van der Waals surface area (Å²) in [7, 11) is 0. The molecule has 0 aliphatic carbocycles. The molecule has 0 atom stereocenters. The third-order valence-electron chi connectivity index (χ3n) is 3.27. The Morgan fingerprint density at radius 3 is 2.43 bits per heavy atom. The van der Waals surface area contributed by atoms with Crippen LogP contribution in [0.3, 0.4) is 0 Å². The SMILES string of the molecule is O=C1C(=O)N(Cc2cc(Br)ccc2F)c2ccc(Br)cc21. The average molecular weight is 413 g/mol. The lowest BCUT2D eigenvalue weighted by Gasteiger charge is -2.17. The summed E-state index contributed by atoms with van der Waals surface area (Å²) in [6, 6.07) is 9.54. The van der Waals surface area contributed by atoms with Gasteiger partial charge in [-0.05, 0) is 36.4 Å². The van der Waals surface area contributed by atoms with Gasteiger partial charge in [-0.25, -0.2) is 4.39 Å². The Bertz CT molecular complexity index is 776. The van der Waals surface area contributed by atoms with E-state index in [9.17, 15) is 14.0 Å². The number of hydrogen-bond donors (Lipinski definition) is 0. The summed E-state index contributed by atoms with van der Waals surface area (Å²) >= 11 is 6.54. The lowest BCUT2D eigenvalue weighted by Crippen LogP contribution is -2.29. The van der Waals surface area contributed by atoms with Crippen molar-refractivity contribution < 1.29 is 14.0 Å². The van der Waals surface area contributed by atoms with E-state index in [1.54, 1.807) is 30.3 Å². The molecule has 3 rings (SSSR count). The molecule has 2 aromatic rings. The highest BCUT2D eigenvalue weighted by atomic mass is 79.9. The van der Waals surface area contributed by atoms with E-state index in [-0.39, 0.29) is 6.54 Å². The van der Waals surface area contributed by atoms with E-state index >= 15 is 0 Å². The van der Waals surface area contributed by atoms with Gasteiger partial charge in [-0.1, -0.05) is 31.9 Å². The molecule has 106 valence electrons. The van der Waals surface area contributed by atoms with E-state index in [2.05, 4.69) is 31.9 Å². The molecule has 6 heteroatoms. The Morgan fingerprint density at radius 2 is 1.67 bits per heavy atom. The number of ketones is 1. The van der Waals surface area contributed by atoms with Gasteiger partial charge in [0.1, 0.15) is 5.82 Å². The molecule has 0 saturated carbocycles. The van der Waals surface area contributed by atoms with Crippen molar-refractivity contribution in [2.75, 3.05) is 4.90 Å². The average Bonchev–Trinajstić information content (AvgIpc) is 2.68. The highest BCUT2D eigenvalue weighted by Crippen LogP contribution is 2.33. The zero-order valence-electron chi connectivity index (χ0n) is 10.6. The highest BCUT2D eigenvalue weighted by molar-refractivity contribution is 9.10. The van der Waals surface area contributed by atoms with Crippen LogP contribution >= 0.6 is 31.9 Å². The lowest BCUT2D eigenvalue weighted by atomic mass is 10.1. The summed E-state index contributed by atoms with van der Waals surface area (Å²) in [6.07, 6.45) is 0. The van der Waals surface area contributed by atoms with Crippen LogP contribution in [0.15, 0.2) is 45.3 Å². The van der Waals surface area contributed by atoms with Crippen molar-refractivity contribution in [3.05, 3.63) is 62.3 Å². The highest BCUT2D eigenvalue weighted by Gasteiger charge is 2.36. The van der Waals surface area contributed by atoms with Crippen molar-refractivity contribution in [2.45, 2.75) is 6.54 Å². The summed E-state index contributed by atoms with van der Waals surface area (Å²) in [5, 5.41) is 0. The first-order valence-corrected chi connectivity index (χ1v) is 7.65. The number of carbonyl (C=O) groups excluding carboxylic acids is 2. The summed E-state index contributed by atoms with van der Waals surface area (Å²) in [5.41, 5.74) is 1.19. The molecule has 1 aliphatic heterocycles. The standard InChI is InChI=1S/C15H8Br2FNO2/c16-9-1-3-12(18)8(5-9)7-19-13-4-2-10(17)6-11(13)14(20)15(19)21/h1-6H,7H2. The summed E-state index contributed by atoms with van der Waals surface area (Å²) in [4.78, 5) is 25.4. The minimum Gasteiger partial charge on any atom is -0.300 e. The summed E-state index contributed by atoms with van der Waals surface area (Å²) < 4.78 is 15.3. The largest absolute Gasteiger partial charge is 0.300 e. The van der Waals surface area contributed by atoms with Gasteiger partial charge < -0.3 is 4.90 Å². The van der Waals surface area contributed by atoms with Crippen molar-refractivity contribution in [3.8, 4) is 0 Å². The molecule has 1 amide bonds. The maximum absolute atomic E-state index is 13.8. The number of amides is 1. The fourth-order valence-corrected chi connectivity index (χ4v) is 3.03. The monoisotopic (exact) mass is 411 g/mol. The normalized spacial score (nSPS) is 13.8. The molecular formula is C15H8Br2FNO2. The van der Waals surface area contributed by atoms with E-state index in [4.69, 9.17) is 0 Å². The van der Waals surface area contributed by atoms with Gasteiger partial charge in [-0.3, -0.25) is 9.59 Å². The molecule has 3 nitrogen and oxygen atoms in total. The van der Waals surface area contributed by atoms with Crippen LogP contribution in [0.4, 0.5) is 10.1 Å². The predicted octanol–water partition coefficient (Wildman–Crippen LogP) is 4.08. The van der Waals surface area contributed by atoms with Crippen LogP contribution in [-0.4, -0.2) is 11.7 Å². The molecule has 0 radical (unpaired) electrons. The van der Waals surface area contributed by atoms with Crippen LogP contribution in [0.25, 0.3) is 0 Å². The Balaban J connectivity index is 2.02. The number of benzene rings is 2. The van der Waals surface area contributed by atoms with Crippen LogP contribution < -0.4 is 4.90 Å². The molecule has 1 aliphatic rings. The van der Waals surface area contributed by atoms with Gasteiger partial charge >= 0.3 is 0 Å². The third kappa shape index (κ3) is 2.53. The topological polar surface area (TPSA) is 37.4 Å². The van der Waals surface area contributed by atoms with Gasteiger partial charge in [-0.15, -0.1) is 0 Å². The Morgan fingerprint density at radius 1 is 1.00 bits per heavy atom. The van der Waals surface area contributed by atoms with Gasteiger partial charge in [0.25, 0.3) is 11.7 Å². The first kappa shape index (κ1) is 14.4. The van der Waals surface area contributed by atoms with Crippen molar-refractivity contribution in [3.63, 3.8) is 0 Å². The van der Waals surface area contributed by atoms with E-state index in [1.807, 2.05) is 0 Å². The van der Waals surface area contributed by atoms with Crippen LogP contribution in [-0.2, 0) is 11.3 Å². The van der Waals surface area contributed by atoms with Crippen molar-refractivity contribution in [1.29, 1.82) is 0 Å². The summed E-state index contributed by atoms with van der Waals surface area (Å²) in [6.45, 7) is 0.0183. The van der Waals surface area contributed by atoms with Crippen LogP contribution in [0.5, 0.6) is 0 Å². The second-order valence-corrected chi connectivity index (χ2v) is 6.45. The number of halogens is 3. The molecule has 2 aromatic carbocycles. The van der Waals surface area contributed by atoms with Crippen molar-refractivity contribution in [2.24, 2.45) is 0 Å². The molecule has 0 unspecified atom stereocenters. The number of carbonyl (C=O) groups is 2. The fraction of sp³-hybridized carbons (Fsp3) is 0.0667. The molecule has 0 fully saturated rings. The van der Waals surface area contributed by atoms with Gasteiger partial charge in [-0.2, -0.15) is 0 Å². The van der Waals surface area contributed by atoms with Gasteiger partial charge in [0.2, 0.25) is 0 Å². The second kappa shape index (κ2) is 5.35. The number of fused-ring (bicyclic) bond motifs is 1. The van der Waals surface area contributed by atoms with Crippen molar-refractivity contribution >= 4 is 49.2 Å². The van der Waals surface area contributed by atoms with E-state index in [0.29, 0.717) is 21.3 Å². The number of hydrogen-bond acceptors (Lipinski definition) is 2. The molecule has 1 heterocycles. The number of anilines is 1. The molecule has 0 saturated heterocycles. The predicted molar refractivity (Wildman–Crippen MR) is 83.8 cm³/mol. The van der Waals surface area contributed by atoms with Crippen LogP contribution in [0, 0.1) is 5.82 Å². The zero-order valence-corrected chi connectivity index (χ0v) is 13.7. The van der Waals surface area contributed by atoms with Crippen LogP contribution in [0.2, 0.25) is 0 Å². The first-order chi connectivity index (χ1) is 9.97. The van der Waals surface area contributed by atoms with E-state index in [0.717, 1.165) is 4.47 Å².